The van der Waals surface area contributed by atoms with Crippen LogP contribution in [0.15, 0.2) is 0 Å². The maximum Gasteiger partial charge on any atom is 0.0171 e. The van der Waals surface area contributed by atoms with Gasteiger partial charge in [-0.3, -0.25) is 0 Å². The lowest BCUT2D eigenvalue weighted by Gasteiger charge is -2.41. The second-order valence-electron chi connectivity index (χ2n) is 2.82. The van der Waals surface area contributed by atoms with E-state index in [-0.39, 0.29) is 0 Å². The van der Waals surface area contributed by atoms with Crippen LogP contribution in [0.25, 0.3) is 0 Å². The third kappa shape index (κ3) is 1.01. The molecular weight excluding hydrogens is 100 g/mol. The average Bonchev–Trinajstić information content (AvgIpc) is 1.57. The third-order valence-corrected chi connectivity index (χ3v) is 1.61. The van der Waals surface area contributed by atoms with Crippen molar-refractivity contribution in [3.05, 3.63) is 0 Å². The van der Waals surface area contributed by atoms with Gasteiger partial charge in [-0.1, -0.05) is 6.92 Å². The fourth-order valence-electron chi connectivity index (χ4n) is 0.993. The van der Waals surface area contributed by atoms with E-state index in [1.807, 2.05) is 0 Å². The van der Waals surface area contributed by atoms with Crippen LogP contribution in [0.5, 0.6) is 0 Å². The van der Waals surface area contributed by atoms with Gasteiger partial charge in [0.25, 0.3) is 0 Å². The molecule has 48 valence electrons. The summed E-state index contributed by atoms with van der Waals surface area (Å²) in [5, 5.41) is 4.48. The minimum absolute atomic E-state index is 0.914. The van der Waals surface area contributed by atoms with Crippen LogP contribution in [0.2, 0.25) is 0 Å². The van der Waals surface area contributed by atoms with E-state index in [0.29, 0.717) is 0 Å². The molecule has 0 atom stereocenters. The molecule has 1 aliphatic rings. The fraction of sp³-hybridized carbons (Fsp3) is 1.00. The molecule has 1 rings (SSSR count). The number of nitrogens with zero attached hydrogens (tertiary/aromatic N) is 2. The van der Waals surface area contributed by atoms with Gasteiger partial charge in [-0.25, -0.2) is 10.0 Å². The van der Waals surface area contributed by atoms with Crippen molar-refractivity contribution in [3.63, 3.8) is 0 Å². The van der Waals surface area contributed by atoms with Crippen LogP contribution in [0.1, 0.15) is 6.92 Å². The Morgan fingerprint density at radius 2 is 1.88 bits per heavy atom. The van der Waals surface area contributed by atoms with Crippen molar-refractivity contribution in [3.8, 4) is 0 Å². The first-order chi connectivity index (χ1) is 3.70. The van der Waals surface area contributed by atoms with Crippen molar-refractivity contribution in [2.45, 2.75) is 6.92 Å². The second-order valence-corrected chi connectivity index (χ2v) is 2.82. The zero-order valence-corrected chi connectivity index (χ0v) is 5.89. The highest BCUT2D eigenvalue weighted by atomic mass is 15.6. The summed E-state index contributed by atoms with van der Waals surface area (Å²) >= 11 is 0. The summed E-state index contributed by atoms with van der Waals surface area (Å²) < 4.78 is 0. The standard InChI is InChI=1S/C6H14N2/c1-6-4-8(5-6)7(2)3/h6H,4-5H2,1-3H3. The minimum atomic E-state index is 0.914. The number of hydrogen-bond acceptors (Lipinski definition) is 2. The first-order valence-corrected chi connectivity index (χ1v) is 3.12. The van der Waals surface area contributed by atoms with Crippen LogP contribution >= 0.6 is 0 Å². The SMILES string of the molecule is CC1CN(N(C)C)C1. The van der Waals surface area contributed by atoms with Crippen molar-refractivity contribution < 1.29 is 0 Å². The van der Waals surface area contributed by atoms with Gasteiger partial charge >= 0.3 is 0 Å². The van der Waals surface area contributed by atoms with E-state index in [2.05, 4.69) is 31.0 Å². The van der Waals surface area contributed by atoms with Crippen molar-refractivity contribution in [2.24, 2.45) is 5.92 Å². The molecule has 2 heteroatoms. The highest BCUT2D eigenvalue weighted by Crippen LogP contribution is 2.13. The second kappa shape index (κ2) is 2.03. The average molecular weight is 114 g/mol. The van der Waals surface area contributed by atoms with Crippen molar-refractivity contribution in [1.82, 2.24) is 10.0 Å². The molecule has 1 heterocycles. The van der Waals surface area contributed by atoms with Crippen LogP contribution in [-0.2, 0) is 0 Å². The molecule has 1 saturated heterocycles. The predicted octanol–water partition coefficient (Wildman–Crippen LogP) is 0.415. The highest BCUT2D eigenvalue weighted by Gasteiger charge is 2.23. The third-order valence-electron chi connectivity index (χ3n) is 1.61. The molecule has 0 unspecified atom stereocenters. The molecule has 8 heavy (non-hydrogen) atoms. The van der Waals surface area contributed by atoms with Gasteiger partial charge < -0.3 is 0 Å². The molecule has 0 aromatic carbocycles. The normalized spacial score (nSPS) is 24.0. The Hall–Kier alpha value is -0.0800. The van der Waals surface area contributed by atoms with E-state index >= 15 is 0 Å². The summed E-state index contributed by atoms with van der Waals surface area (Å²) in [7, 11) is 4.18. The molecule has 0 spiro atoms. The predicted molar refractivity (Wildman–Crippen MR) is 34.4 cm³/mol. The molecule has 0 aromatic heterocycles. The first kappa shape index (κ1) is 6.05. The molecule has 2 nitrogen and oxygen atoms in total. The number of rotatable bonds is 1. The lowest BCUT2D eigenvalue weighted by atomic mass is 10.1. The molecule has 0 radical (unpaired) electrons. The number of hydrogen-bond donors (Lipinski definition) is 0. The summed E-state index contributed by atoms with van der Waals surface area (Å²) in [5.41, 5.74) is 0. The van der Waals surface area contributed by atoms with Gasteiger partial charge in [-0.2, -0.15) is 0 Å². The highest BCUT2D eigenvalue weighted by molar-refractivity contribution is 4.71. The van der Waals surface area contributed by atoms with Crippen LogP contribution in [0, 0.1) is 5.92 Å². The molecule has 0 N–H and O–H groups in total. The van der Waals surface area contributed by atoms with Crippen LogP contribution in [0.4, 0.5) is 0 Å². The van der Waals surface area contributed by atoms with Gasteiger partial charge in [-0.05, 0) is 5.92 Å². The van der Waals surface area contributed by atoms with Gasteiger partial charge in [0.1, 0.15) is 0 Å². The van der Waals surface area contributed by atoms with E-state index in [1.54, 1.807) is 0 Å². The van der Waals surface area contributed by atoms with E-state index < -0.39 is 0 Å². The smallest absolute Gasteiger partial charge is 0.0171 e. The Morgan fingerprint density at radius 3 is 2.00 bits per heavy atom. The Kier molecular flexibility index (Phi) is 1.54. The van der Waals surface area contributed by atoms with E-state index in [4.69, 9.17) is 0 Å². The molecule has 1 fully saturated rings. The summed E-state index contributed by atoms with van der Waals surface area (Å²) in [6.07, 6.45) is 0. The minimum Gasteiger partial charge on any atom is -0.248 e. The van der Waals surface area contributed by atoms with E-state index in [0.717, 1.165) is 5.92 Å². The summed E-state index contributed by atoms with van der Waals surface area (Å²) in [4.78, 5) is 0. The fourth-order valence-corrected chi connectivity index (χ4v) is 0.993. The largest absolute Gasteiger partial charge is 0.248 e. The van der Waals surface area contributed by atoms with Crippen molar-refractivity contribution >= 4 is 0 Å². The topological polar surface area (TPSA) is 6.48 Å². The van der Waals surface area contributed by atoms with Gasteiger partial charge in [-0.15, -0.1) is 0 Å². The Balaban J connectivity index is 2.15. The quantitative estimate of drug-likeness (QED) is 0.487. The molecule has 0 aliphatic carbocycles. The Morgan fingerprint density at radius 1 is 1.38 bits per heavy atom. The van der Waals surface area contributed by atoms with Crippen LogP contribution in [-0.4, -0.2) is 37.2 Å². The first-order valence-electron chi connectivity index (χ1n) is 3.12. The summed E-state index contributed by atoms with van der Waals surface area (Å²) in [5.74, 6) is 0.914. The lowest BCUT2D eigenvalue weighted by Crippen LogP contribution is -2.52. The van der Waals surface area contributed by atoms with Crippen LogP contribution in [0.3, 0.4) is 0 Å². The van der Waals surface area contributed by atoms with Gasteiger partial charge in [0.05, 0.1) is 0 Å². The lowest BCUT2D eigenvalue weighted by molar-refractivity contribution is -0.0649. The molecule has 1 aliphatic heterocycles. The summed E-state index contributed by atoms with van der Waals surface area (Å²) in [6.45, 7) is 4.76. The van der Waals surface area contributed by atoms with Gasteiger partial charge in [0.15, 0.2) is 0 Å². The molecule has 0 amide bonds. The number of hydrazine groups is 1. The van der Waals surface area contributed by atoms with Crippen molar-refractivity contribution in [2.75, 3.05) is 27.2 Å². The zero-order chi connectivity index (χ0) is 6.15. The molecular formula is C6H14N2. The van der Waals surface area contributed by atoms with Crippen LogP contribution < -0.4 is 0 Å². The molecule has 0 saturated carbocycles. The zero-order valence-electron chi connectivity index (χ0n) is 5.89. The maximum absolute atomic E-state index is 2.32. The van der Waals surface area contributed by atoms with Gasteiger partial charge in [0, 0.05) is 27.2 Å². The maximum atomic E-state index is 2.32. The monoisotopic (exact) mass is 114 g/mol. The Bertz CT molecular complexity index is 74.6. The van der Waals surface area contributed by atoms with Gasteiger partial charge in [0.2, 0.25) is 0 Å². The van der Waals surface area contributed by atoms with Crippen molar-refractivity contribution in [1.29, 1.82) is 0 Å². The summed E-state index contributed by atoms with van der Waals surface area (Å²) in [6, 6.07) is 0. The molecule has 0 bridgehead atoms. The van der Waals surface area contributed by atoms with E-state index in [1.165, 1.54) is 13.1 Å². The van der Waals surface area contributed by atoms with E-state index in [9.17, 15) is 0 Å². The molecule has 0 aromatic rings. The Labute approximate surface area is 51.0 Å².